The molecular formula is C47H61ClN6O10S2. The van der Waals surface area contributed by atoms with Gasteiger partial charge in [-0.3, -0.25) is 28.9 Å². The molecule has 66 heavy (non-hydrogen) atoms. The molecule has 3 amide bonds. The first-order valence-corrected chi connectivity index (χ1v) is 25.7. The maximum Gasteiger partial charge on any atom is 0.411 e. The summed E-state index contributed by atoms with van der Waals surface area (Å²) >= 11 is 8.60. The summed E-state index contributed by atoms with van der Waals surface area (Å²) in [5.74, 6) is -1.44. The summed E-state index contributed by atoms with van der Waals surface area (Å²) in [6.07, 6.45) is 0.905. The van der Waals surface area contributed by atoms with E-state index in [2.05, 4.69) is 30.0 Å². The van der Waals surface area contributed by atoms with Crippen molar-refractivity contribution in [3.8, 4) is 22.2 Å². The molecule has 16 nitrogen and oxygen atoms in total. The van der Waals surface area contributed by atoms with Crippen molar-refractivity contribution in [3.05, 3.63) is 47.0 Å². The third-order valence-corrected chi connectivity index (χ3v) is 16.3. The molecule has 5 fully saturated rings. The first kappa shape index (κ1) is 48.1. The monoisotopic (exact) mass is 968 g/mol. The summed E-state index contributed by atoms with van der Waals surface area (Å²) in [6, 6.07) is 2.50. The van der Waals surface area contributed by atoms with Crippen molar-refractivity contribution in [1.82, 2.24) is 29.4 Å². The van der Waals surface area contributed by atoms with Crippen molar-refractivity contribution < 1.29 is 46.5 Å². The number of hydrogen-bond donors (Lipinski definition) is 1. The predicted molar refractivity (Wildman–Crippen MR) is 250 cm³/mol. The third kappa shape index (κ3) is 9.80. The molecular weight excluding hydrogens is 908 g/mol. The van der Waals surface area contributed by atoms with E-state index in [9.17, 15) is 27.6 Å². The van der Waals surface area contributed by atoms with Crippen LogP contribution in [0.4, 0.5) is 4.79 Å². The number of morpholine rings is 1. The van der Waals surface area contributed by atoms with E-state index in [1.807, 2.05) is 25.3 Å². The summed E-state index contributed by atoms with van der Waals surface area (Å²) in [5, 5.41) is 2.82. The van der Waals surface area contributed by atoms with E-state index in [1.54, 1.807) is 39.0 Å². The number of rotatable bonds is 16. The van der Waals surface area contributed by atoms with Crippen LogP contribution >= 0.6 is 22.9 Å². The highest BCUT2D eigenvalue weighted by Gasteiger charge is 2.63. The summed E-state index contributed by atoms with van der Waals surface area (Å²) in [7, 11) is -3.90. The number of nitrogens with one attached hydrogen (secondary N) is 1. The van der Waals surface area contributed by atoms with Gasteiger partial charge in [-0.25, -0.2) is 23.2 Å². The largest absolute Gasteiger partial charge is 0.491 e. The number of pyridine rings is 1. The predicted octanol–water partition coefficient (Wildman–Crippen LogP) is 6.60. The number of allylic oxidation sites excluding steroid dienone is 1. The lowest BCUT2D eigenvalue weighted by Gasteiger charge is -2.46. The quantitative estimate of drug-likeness (QED) is 0.152. The van der Waals surface area contributed by atoms with Gasteiger partial charge in [-0.2, -0.15) is 0 Å². The molecule has 5 heterocycles. The number of fused-ring (bicyclic) bond motifs is 2. The van der Waals surface area contributed by atoms with Crippen molar-refractivity contribution in [1.29, 1.82) is 0 Å². The molecule has 2 aromatic heterocycles. The number of piperazine rings is 1. The molecule has 2 saturated carbocycles. The fraction of sp³-hybridized carbons (Fsp3) is 0.617. The Hall–Kier alpha value is -4.36. The van der Waals surface area contributed by atoms with Gasteiger partial charge in [-0.1, -0.05) is 45.4 Å². The van der Waals surface area contributed by atoms with Gasteiger partial charge in [-0.05, 0) is 69.9 Å². The molecule has 358 valence electrons. The van der Waals surface area contributed by atoms with Crippen LogP contribution in [-0.4, -0.2) is 138 Å². The van der Waals surface area contributed by atoms with Crippen molar-refractivity contribution in [2.24, 2.45) is 17.3 Å². The lowest BCUT2D eigenvalue weighted by Crippen LogP contribution is -2.66. The average molecular weight is 970 g/mol. The maximum absolute atomic E-state index is 15.0. The van der Waals surface area contributed by atoms with Crippen LogP contribution < -0.4 is 14.2 Å². The van der Waals surface area contributed by atoms with E-state index >= 15 is 0 Å². The summed E-state index contributed by atoms with van der Waals surface area (Å²) < 4.78 is 52.7. The lowest BCUT2D eigenvalue weighted by molar-refractivity contribution is -0.152. The SMILES string of the molecule is C=C[C@@H]1C[C@]1(CC(=O)[C@@H]1C[C@@H](Oc2cc(-c3nc(C(C)C)cs3)nc3c(Cl)c(OCCN4CCOCC4)ccc23)[C@H]2CN(C(=O)OC(C)(C)C)[C@H](C(C)C)C(=O)N21)C(=O)NS(=O)(=O)C1CC1. The number of amides is 3. The van der Waals surface area contributed by atoms with Gasteiger partial charge < -0.3 is 23.8 Å². The average Bonchev–Trinajstić information content (AvgIpc) is 4.15. The number of carbonyl (C=O) groups excluding carboxylic acids is 4. The number of halogens is 1. The van der Waals surface area contributed by atoms with Crippen molar-refractivity contribution in [2.75, 3.05) is 46.0 Å². The van der Waals surface area contributed by atoms with Gasteiger partial charge in [0.2, 0.25) is 21.8 Å². The highest BCUT2D eigenvalue weighted by Crippen LogP contribution is 2.57. The number of sulfonamides is 1. The van der Waals surface area contributed by atoms with E-state index in [0.717, 1.165) is 18.8 Å². The minimum Gasteiger partial charge on any atom is -0.491 e. The molecule has 0 radical (unpaired) electrons. The third-order valence-electron chi connectivity index (χ3n) is 13.2. The van der Waals surface area contributed by atoms with Crippen molar-refractivity contribution >= 4 is 67.6 Å². The molecule has 0 bridgehead atoms. The minimum absolute atomic E-state index is 0.0134. The van der Waals surface area contributed by atoms with Crippen LogP contribution in [0, 0.1) is 17.3 Å². The van der Waals surface area contributed by atoms with E-state index in [1.165, 1.54) is 21.1 Å². The molecule has 5 aliphatic rings. The molecule has 19 heteroatoms. The van der Waals surface area contributed by atoms with Gasteiger partial charge in [0.15, 0.2) is 5.78 Å². The second-order valence-corrected chi connectivity index (χ2v) is 23.1. The first-order valence-electron chi connectivity index (χ1n) is 22.9. The van der Waals surface area contributed by atoms with Gasteiger partial charge >= 0.3 is 6.09 Å². The van der Waals surface area contributed by atoms with E-state index in [-0.39, 0.29) is 42.7 Å². The van der Waals surface area contributed by atoms with Crippen LogP contribution in [0.3, 0.4) is 0 Å². The number of benzene rings is 1. The Balaban J connectivity index is 1.16. The molecule has 1 aromatic carbocycles. The smallest absolute Gasteiger partial charge is 0.411 e. The second kappa shape index (κ2) is 18.6. The molecule has 2 aliphatic carbocycles. The van der Waals surface area contributed by atoms with Crippen molar-refractivity contribution in [2.45, 2.75) is 122 Å². The van der Waals surface area contributed by atoms with Gasteiger partial charge in [0.1, 0.15) is 51.6 Å². The highest BCUT2D eigenvalue weighted by molar-refractivity contribution is 7.90. The number of Topliss-reactive ketones (excluding diaryl/α,β-unsaturated/α-hetero) is 1. The van der Waals surface area contributed by atoms with E-state index in [4.69, 9.17) is 40.5 Å². The molecule has 3 aliphatic heterocycles. The van der Waals surface area contributed by atoms with Gasteiger partial charge in [0.05, 0.1) is 47.2 Å². The number of ketones is 1. The van der Waals surface area contributed by atoms with Gasteiger partial charge in [-0.15, -0.1) is 17.9 Å². The van der Waals surface area contributed by atoms with Crippen molar-refractivity contribution in [3.63, 3.8) is 0 Å². The summed E-state index contributed by atoms with van der Waals surface area (Å²) in [6.45, 7) is 20.9. The zero-order chi connectivity index (χ0) is 47.5. The number of ether oxygens (including phenoxy) is 4. The maximum atomic E-state index is 15.0. The molecule has 3 aromatic rings. The Morgan fingerprint density at radius 1 is 1.11 bits per heavy atom. The normalized spacial score (nSPS) is 25.8. The molecule has 8 rings (SSSR count). The van der Waals surface area contributed by atoms with Crippen LogP contribution in [0.1, 0.15) is 92.2 Å². The second-order valence-electron chi connectivity index (χ2n) is 19.9. The van der Waals surface area contributed by atoms with Gasteiger partial charge in [0, 0.05) is 55.9 Å². The standard InChI is InChI=1S/C47H61ClN6O10S2/c1-9-28-22-47(28,44(57)51-66(59,60)29-10-11-29)23-35(55)33-21-38(34-24-53(45(58)64-46(6,7)8)41(27(4)5)43(56)54(33)34)63-37-20-31(42-50-32(25-65-42)26(2)3)49-40-30(37)12-13-36(39(40)48)62-19-16-52-14-17-61-18-15-52/h9,12-13,20,25-29,33-34,38,41H,1,10-11,14-19,21-24H2,2-8H3,(H,51,57)/t28-,33+,34-,38-,41-,47-/m1/s1. The molecule has 3 saturated heterocycles. The highest BCUT2D eigenvalue weighted by atomic mass is 35.5. The Morgan fingerprint density at radius 2 is 1.83 bits per heavy atom. The van der Waals surface area contributed by atoms with Crippen LogP contribution in [-0.2, 0) is 33.9 Å². The zero-order valence-electron chi connectivity index (χ0n) is 38.7. The number of nitrogens with zero attached hydrogens (tertiary/aromatic N) is 5. The number of carbonyl (C=O) groups is 4. The van der Waals surface area contributed by atoms with E-state index in [0.29, 0.717) is 72.3 Å². The molecule has 6 atom stereocenters. The zero-order valence-corrected chi connectivity index (χ0v) is 41.1. The Morgan fingerprint density at radius 3 is 2.45 bits per heavy atom. The number of hydrogen-bond acceptors (Lipinski definition) is 14. The number of aromatic nitrogens is 2. The summed E-state index contributed by atoms with van der Waals surface area (Å²) in [4.78, 5) is 72.8. The van der Waals surface area contributed by atoms with Crippen LogP contribution in [0.25, 0.3) is 21.6 Å². The molecule has 0 unspecified atom stereocenters. The molecule has 1 N–H and O–H groups in total. The van der Waals surface area contributed by atoms with Crippen LogP contribution in [0.15, 0.2) is 36.2 Å². The number of thiazole rings is 1. The van der Waals surface area contributed by atoms with Gasteiger partial charge in [0.25, 0.3) is 0 Å². The van der Waals surface area contributed by atoms with Crippen LogP contribution in [0.2, 0.25) is 5.02 Å². The molecule has 0 spiro atoms. The Kier molecular flexibility index (Phi) is 13.6. The Bertz CT molecular complexity index is 2500. The topological polar surface area (TPSA) is 187 Å². The fourth-order valence-corrected chi connectivity index (χ4v) is 12.0. The summed E-state index contributed by atoms with van der Waals surface area (Å²) in [5.41, 5.74) is -0.404. The first-order chi connectivity index (χ1) is 31.2. The fourth-order valence-electron chi connectivity index (χ4n) is 9.37. The Labute approximate surface area is 395 Å². The minimum atomic E-state index is -3.90. The lowest BCUT2D eigenvalue weighted by atomic mass is 9.91. The van der Waals surface area contributed by atoms with E-state index < -0.39 is 80.1 Å². The van der Waals surface area contributed by atoms with Crippen LogP contribution in [0.5, 0.6) is 11.5 Å².